The number of hydrogen-bond donors (Lipinski definition) is 1. The minimum atomic E-state index is 0.160. The number of ether oxygens (including phenoxy) is 1. The second-order valence-electron chi connectivity index (χ2n) is 6.79. The van der Waals surface area contributed by atoms with Crippen molar-refractivity contribution >= 4 is 11.9 Å². The molecule has 7 nitrogen and oxygen atoms in total. The van der Waals surface area contributed by atoms with Gasteiger partial charge in [0.15, 0.2) is 0 Å². The van der Waals surface area contributed by atoms with Gasteiger partial charge >= 0.3 is 0 Å². The Labute approximate surface area is 149 Å². The van der Waals surface area contributed by atoms with Gasteiger partial charge in [-0.05, 0) is 26.2 Å². The summed E-state index contributed by atoms with van der Waals surface area (Å²) < 4.78 is 5.37. The number of nitrogens with one attached hydrogen (secondary N) is 1. The van der Waals surface area contributed by atoms with Crippen LogP contribution in [0.4, 0.5) is 5.95 Å². The van der Waals surface area contributed by atoms with Crippen LogP contribution in [-0.2, 0) is 16.1 Å². The van der Waals surface area contributed by atoms with Gasteiger partial charge in [-0.25, -0.2) is 9.97 Å². The fourth-order valence-corrected chi connectivity index (χ4v) is 3.50. The van der Waals surface area contributed by atoms with Crippen molar-refractivity contribution in [1.29, 1.82) is 0 Å². The summed E-state index contributed by atoms with van der Waals surface area (Å²) in [5.41, 5.74) is 1.12. The predicted molar refractivity (Wildman–Crippen MR) is 96.2 cm³/mol. The average molecular weight is 347 g/mol. The third-order valence-electron chi connectivity index (χ3n) is 4.92. The van der Waals surface area contributed by atoms with Gasteiger partial charge in [0.25, 0.3) is 0 Å². The Hall–Kier alpha value is -1.73. The van der Waals surface area contributed by atoms with Gasteiger partial charge < -0.3 is 15.0 Å². The van der Waals surface area contributed by atoms with E-state index in [0.717, 1.165) is 77.3 Å². The van der Waals surface area contributed by atoms with Crippen LogP contribution in [-0.4, -0.2) is 71.6 Å². The molecule has 2 aliphatic rings. The predicted octanol–water partition coefficient (Wildman–Crippen LogP) is 1.37. The van der Waals surface area contributed by atoms with E-state index in [4.69, 9.17) is 4.74 Å². The van der Waals surface area contributed by atoms with Crippen LogP contribution in [0.3, 0.4) is 0 Å². The van der Waals surface area contributed by atoms with Gasteiger partial charge in [-0.1, -0.05) is 0 Å². The zero-order valence-corrected chi connectivity index (χ0v) is 15.1. The van der Waals surface area contributed by atoms with Gasteiger partial charge in [0.1, 0.15) is 0 Å². The number of hydrogen-bond acceptors (Lipinski definition) is 6. The SMILES string of the molecule is CCNc1ncc(CN2CCCN(C(=O)C3CCOCC3)CC2)cn1. The molecular formula is C18H29N5O2. The van der Waals surface area contributed by atoms with Crippen molar-refractivity contribution in [3.63, 3.8) is 0 Å². The molecule has 0 aliphatic carbocycles. The van der Waals surface area contributed by atoms with Crippen LogP contribution in [0.5, 0.6) is 0 Å². The molecule has 0 spiro atoms. The zero-order valence-electron chi connectivity index (χ0n) is 15.1. The first-order valence-corrected chi connectivity index (χ1v) is 9.40. The smallest absolute Gasteiger partial charge is 0.225 e. The van der Waals surface area contributed by atoms with Crippen molar-refractivity contribution in [3.8, 4) is 0 Å². The monoisotopic (exact) mass is 347 g/mol. The summed E-state index contributed by atoms with van der Waals surface area (Å²) in [5.74, 6) is 1.16. The Kier molecular flexibility index (Phi) is 6.58. The molecule has 0 bridgehead atoms. The first kappa shape index (κ1) is 18.1. The van der Waals surface area contributed by atoms with E-state index in [1.54, 1.807) is 0 Å². The third kappa shape index (κ3) is 5.12. The highest BCUT2D eigenvalue weighted by Gasteiger charge is 2.27. The Morgan fingerprint density at radius 3 is 2.68 bits per heavy atom. The number of carbonyl (C=O) groups is 1. The van der Waals surface area contributed by atoms with E-state index in [-0.39, 0.29) is 5.92 Å². The highest BCUT2D eigenvalue weighted by atomic mass is 16.5. The van der Waals surface area contributed by atoms with E-state index in [1.165, 1.54) is 0 Å². The summed E-state index contributed by atoms with van der Waals surface area (Å²) >= 11 is 0. The van der Waals surface area contributed by atoms with Crippen LogP contribution in [0.25, 0.3) is 0 Å². The lowest BCUT2D eigenvalue weighted by atomic mass is 9.98. The molecule has 2 aliphatic heterocycles. The van der Waals surface area contributed by atoms with Gasteiger partial charge in [-0.3, -0.25) is 9.69 Å². The summed E-state index contributed by atoms with van der Waals surface area (Å²) in [4.78, 5) is 25.8. The summed E-state index contributed by atoms with van der Waals surface area (Å²) in [5, 5.41) is 3.11. The van der Waals surface area contributed by atoms with Crippen molar-refractivity contribution in [3.05, 3.63) is 18.0 Å². The molecule has 3 rings (SSSR count). The maximum Gasteiger partial charge on any atom is 0.225 e. The number of anilines is 1. The summed E-state index contributed by atoms with van der Waals surface area (Å²) in [6.07, 6.45) is 6.54. The molecule has 7 heteroatoms. The first-order valence-electron chi connectivity index (χ1n) is 9.40. The first-order chi connectivity index (χ1) is 12.3. The molecule has 25 heavy (non-hydrogen) atoms. The molecule has 0 saturated carbocycles. The lowest BCUT2D eigenvalue weighted by molar-refractivity contribution is -0.138. The molecular weight excluding hydrogens is 318 g/mol. The largest absolute Gasteiger partial charge is 0.381 e. The van der Waals surface area contributed by atoms with Crippen LogP contribution in [0.1, 0.15) is 31.7 Å². The van der Waals surface area contributed by atoms with Crippen LogP contribution >= 0.6 is 0 Å². The molecule has 0 unspecified atom stereocenters. The Morgan fingerprint density at radius 2 is 1.96 bits per heavy atom. The Bertz CT molecular complexity index is 545. The lowest BCUT2D eigenvalue weighted by Crippen LogP contribution is -2.40. The van der Waals surface area contributed by atoms with Gasteiger partial charge in [-0.15, -0.1) is 0 Å². The molecule has 1 amide bonds. The van der Waals surface area contributed by atoms with Crippen LogP contribution in [0.15, 0.2) is 12.4 Å². The van der Waals surface area contributed by atoms with E-state index in [1.807, 2.05) is 19.3 Å². The minimum Gasteiger partial charge on any atom is -0.381 e. The molecule has 1 aromatic heterocycles. The van der Waals surface area contributed by atoms with Crippen molar-refractivity contribution in [2.24, 2.45) is 5.92 Å². The summed E-state index contributed by atoms with van der Waals surface area (Å²) in [6, 6.07) is 0. The van der Waals surface area contributed by atoms with Gasteiger partial charge in [0, 0.05) is 76.4 Å². The van der Waals surface area contributed by atoms with Gasteiger partial charge in [0.05, 0.1) is 0 Å². The van der Waals surface area contributed by atoms with Crippen molar-refractivity contribution < 1.29 is 9.53 Å². The highest BCUT2D eigenvalue weighted by Crippen LogP contribution is 2.19. The second kappa shape index (κ2) is 9.10. The van der Waals surface area contributed by atoms with Crippen molar-refractivity contribution in [1.82, 2.24) is 19.8 Å². The maximum absolute atomic E-state index is 12.7. The molecule has 138 valence electrons. The van der Waals surface area contributed by atoms with Gasteiger partial charge in [-0.2, -0.15) is 0 Å². The van der Waals surface area contributed by atoms with E-state index in [2.05, 4.69) is 25.1 Å². The number of aromatic nitrogens is 2. The highest BCUT2D eigenvalue weighted by molar-refractivity contribution is 5.79. The standard InChI is InChI=1S/C18H29N5O2/c1-2-19-18-20-12-15(13-21-18)14-22-6-3-7-23(9-8-22)17(24)16-4-10-25-11-5-16/h12-13,16H,2-11,14H2,1H3,(H,19,20,21). The van der Waals surface area contributed by atoms with E-state index >= 15 is 0 Å². The Morgan fingerprint density at radius 1 is 1.20 bits per heavy atom. The van der Waals surface area contributed by atoms with E-state index in [0.29, 0.717) is 11.9 Å². The van der Waals surface area contributed by atoms with Crippen molar-refractivity contribution in [2.75, 3.05) is 51.3 Å². The third-order valence-corrected chi connectivity index (χ3v) is 4.92. The molecule has 0 atom stereocenters. The molecule has 2 saturated heterocycles. The Balaban J connectivity index is 1.50. The molecule has 1 aromatic rings. The quantitative estimate of drug-likeness (QED) is 0.867. The maximum atomic E-state index is 12.7. The molecule has 3 heterocycles. The molecule has 1 N–H and O–H groups in total. The van der Waals surface area contributed by atoms with Crippen LogP contribution < -0.4 is 5.32 Å². The number of carbonyl (C=O) groups excluding carboxylic acids is 1. The fraction of sp³-hybridized carbons (Fsp3) is 0.722. The number of nitrogens with zero attached hydrogens (tertiary/aromatic N) is 4. The van der Waals surface area contributed by atoms with E-state index < -0.39 is 0 Å². The zero-order chi connectivity index (χ0) is 17.5. The molecule has 2 fully saturated rings. The van der Waals surface area contributed by atoms with Crippen molar-refractivity contribution in [2.45, 2.75) is 32.7 Å². The summed E-state index contributed by atoms with van der Waals surface area (Å²) in [7, 11) is 0. The molecule has 0 radical (unpaired) electrons. The number of rotatable bonds is 5. The summed E-state index contributed by atoms with van der Waals surface area (Å²) in [6.45, 7) is 8.72. The topological polar surface area (TPSA) is 70.6 Å². The number of amides is 1. The average Bonchev–Trinajstić information content (AvgIpc) is 2.89. The van der Waals surface area contributed by atoms with E-state index in [9.17, 15) is 4.79 Å². The molecule has 0 aromatic carbocycles. The minimum absolute atomic E-state index is 0.160. The van der Waals surface area contributed by atoms with Crippen LogP contribution in [0, 0.1) is 5.92 Å². The lowest BCUT2D eigenvalue weighted by Gasteiger charge is -2.28. The van der Waals surface area contributed by atoms with Crippen LogP contribution in [0.2, 0.25) is 0 Å². The fourth-order valence-electron chi connectivity index (χ4n) is 3.50. The second-order valence-corrected chi connectivity index (χ2v) is 6.79. The van der Waals surface area contributed by atoms with Gasteiger partial charge in [0.2, 0.25) is 11.9 Å². The normalized spacial score (nSPS) is 20.3.